The van der Waals surface area contributed by atoms with E-state index in [2.05, 4.69) is 20.9 Å². The van der Waals surface area contributed by atoms with Crippen molar-refractivity contribution in [3.05, 3.63) is 22.6 Å². The Morgan fingerprint density at radius 3 is 2.61 bits per heavy atom. The fourth-order valence-corrected chi connectivity index (χ4v) is 2.41. The summed E-state index contributed by atoms with van der Waals surface area (Å²) in [6.45, 7) is 7.04. The maximum Gasteiger partial charge on any atom is 0.419 e. The van der Waals surface area contributed by atoms with Crippen LogP contribution in [0.25, 0.3) is 10.9 Å². The molecule has 2 aromatic rings. The first-order valence-electron chi connectivity index (χ1n) is 7.01. The SMILES string of the molecule is CCOC(=O)c1c(N)c2cc(Br)ncc2n1C(=O)OC(C)(C)C. The van der Waals surface area contributed by atoms with Crippen LogP contribution in [0.1, 0.15) is 38.2 Å². The van der Waals surface area contributed by atoms with Crippen molar-refractivity contribution < 1.29 is 19.1 Å². The lowest BCUT2D eigenvalue weighted by atomic mass is 10.2. The molecular weight excluding hydrogens is 366 g/mol. The highest BCUT2D eigenvalue weighted by Gasteiger charge is 2.29. The van der Waals surface area contributed by atoms with Crippen molar-refractivity contribution in [2.24, 2.45) is 0 Å². The highest BCUT2D eigenvalue weighted by Crippen LogP contribution is 2.31. The zero-order chi connectivity index (χ0) is 17.4. The molecule has 7 nitrogen and oxygen atoms in total. The molecule has 0 aliphatic heterocycles. The molecule has 0 saturated heterocycles. The molecule has 0 aliphatic carbocycles. The molecule has 23 heavy (non-hydrogen) atoms. The zero-order valence-corrected chi connectivity index (χ0v) is 14.9. The first-order valence-corrected chi connectivity index (χ1v) is 7.81. The minimum absolute atomic E-state index is 0.0593. The van der Waals surface area contributed by atoms with E-state index in [0.717, 1.165) is 4.57 Å². The molecule has 0 amide bonds. The lowest BCUT2D eigenvalue weighted by Crippen LogP contribution is -2.29. The molecule has 2 rings (SSSR count). The van der Waals surface area contributed by atoms with E-state index in [1.165, 1.54) is 6.20 Å². The highest BCUT2D eigenvalue weighted by atomic mass is 79.9. The fourth-order valence-electron chi connectivity index (χ4n) is 2.08. The van der Waals surface area contributed by atoms with Crippen molar-refractivity contribution in [3.8, 4) is 0 Å². The Labute approximate surface area is 141 Å². The maximum atomic E-state index is 12.5. The molecule has 2 N–H and O–H groups in total. The second-order valence-electron chi connectivity index (χ2n) is 5.82. The van der Waals surface area contributed by atoms with Gasteiger partial charge in [-0.3, -0.25) is 0 Å². The molecule has 0 radical (unpaired) electrons. The summed E-state index contributed by atoms with van der Waals surface area (Å²) in [5.74, 6) is -0.691. The van der Waals surface area contributed by atoms with Gasteiger partial charge in [0.05, 0.1) is 24.0 Å². The van der Waals surface area contributed by atoms with Gasteiger partial charge in [0.25, 0.3) is 0 Å². The van der Waals surface area contributed by atoms with Crippen LogP contribution < -0.4 is 5.73 Å². The molecule has 2 heterocycles. The van der Waals surface area contributed by atoms with Crippen LogP contribution in [0.3, 0.4) is 0 Å². The van der Waals surface area contributed by atoms with Crippen LogP contribution in [-0.2, 0) is 9.47 Å². The van der Waals surface area contributed by atoms with E-state index in [4.69, 9.17) is 15.2 Å². The van der Waals surface area contributed by atoms with E-state index in [-0.39, 0.29) is 18.0 Å². The number of pyridine rings is 1. The van der Waals surface area contributed by atoms with E-state index >= 15 is 0 Å². The number of halogens is 1. The van der Waals surface area contributed by atoms with Crippen LogP contribution in [0.2, 0.25) is 0 Å². The Balaban J connectivity index is 2.71. The lowest BCUT2D eigenvalue weighted by molar-refractivity contribution is 0.0455. The summed E-state index contributed by atoms with van der Waals surface area (Å²) >= 11 is 3.25. The van der Waals surface area contributed by atoms with Crippen molar-refractivity contribution in [1.82, 2.24) is 9.55 Å². The third kappa shape index (κ3) is 3.47. The van der Waals surface area contributed by atoms with E-state index in [1.807, 2.05) is 0 Å². The number of esters is 1. The Morgan fingerprint density at radius 1 is 1.39 bits per heavy atom. The van der Waals surface area contributed by atoms with Gasteiger partial charge in [0.15, 0.2) is 5.69 Å². The second-order valence-corrected chi connectivity index (χ2v) is 6.64. The molecule has 2 aromatic heterocycles. The molecule has 0 aliphatic rings. The molecule has 0 unspecified atom stereocenters. The third-order valence-electron chi connectivity index (χ3n) is 2.90. The molecule has 0 spiro atoms. The van der Waals surface area contributed by atoms with E-state index in [9.17, 15) is 9.59 Å². The number of hydrogen-bond acceptors (Lipinski definition) is 6. The Hall–Kier alpha value is -2.09. The van der Waals surface area contributed by atoms with Gasteiger partial charge < -0.3 is 15.2 Å². The number of nitrogens with zero attached hydrogens (tertiary/aromatic N) is 2. The van der Waals surface area contributed by atoms with Gasteiger partial charge in [-0.15, -0.1) is 0 Å². The number of ether oxygens (including phenoxy) is 2. The number of nitrogens with two attached hydrogens (primary N) is 1. The number of carbonyl (C=O) groups excluding carboxylic acids is 2. The van der Waals surface area contributed by atoms with Gasteiger partial charge in [-0.2, -0.15) is 0 Å². The summed E-state index contributed by atoms with van der Waals surface area (Å²) < 4.78 is 12.0. The van der Waals surface area contributed by atoms with Gasteiger partial charge in [-0.1, -0.05) is 0 Å². The van der Waals surface area contributed by atoms with Crippen molar-refractivity contribution in [2.75, 3.05) is 12.3 Å². The predicted octanol–water partition coefficient (Wildman–Crippen LogP) is 3.34. The van der Waals surface area contributed by atoms with Crippen molar-refractivity contribution in [1.29, 1.82) is 0 Å². The second kappa shape index (κ2) is 6.19. The van der Waals surface area contributed by atoms with Gasteiger partial charge >= 0.3 is 12.1 Å². The average molecular weight is 384 g/mol. The lowest BCUT2D eigenvalue weighted by Gasteiger charge is -2.20. The third-order valence-corrected chi connectivity index (χ3v) is 3.34. The number of carbonyl (C=O) groups is 2. The first kappa shape index (κ1) is 17.3. The van der Waals surface area contributed by atoms with Crippen LogP contribution in [0.15, 0.2) is 16.9 Å². The smallest absolute Gasteiger partial charge is 0.419 e. The van der Waals surface area contributed by atoms with Crippen LogP contribution in [0.4, 0.5) is 10.5 Å². The molecule has 0 saturated carbocycles. The molecule has 0 atom stereocenters. The first-order chi connectivity index (χ1) is 10.7. The van der Waals surface area contributed by atoms with Gasteiger partial charge in [-0.25, -0.2) is 19.1 Å². The number of anilines is 1. The number of hydrogen-bond donors (Lipinski definition) is 1. The van der Waals surface area contributed by atoms with Crippen molar-refractivity contribution in [3.63, 3.8) is 0 Å². The van der Waals surface area contributed by atoms with Crippen LogP contribution in [0, 0.1) is 0 Å². The number of aromatic nitrogens is 2. The molecule has 124 valence electrons. The topological polar surface area (TPSA) is 96.4 Å². The maximum absolute atomic E-state index is 12.5. The van der Waals surface area contributed by atoms with E-state index in [1.54, 1.807) is 33.8 Å². The van der Waals surface area contributed by atoms with E-state index < -0.39 is 17.7 Å². The summed E-state index contributed by atoms with van der Waals surface area (Å²) in [7, 11) is 0. The van der Waals surface area contributed by atoms with Crippen LogP contribution in [-0.4, -0.2) is 33.8 Å². The summed E-state index contributed by atoms with van der Waals surface area (Å²) in [4.78, 5) is 28.9. The van der Waals surface area contributed by atoms with Crippen molar-refractivity contribution in [2.45, 2.75) is 33.3 Å². The van der Waals surface area contributed by atoms with E-state index in [0.29, 0.717) is 15.5 Å². The zero-order valence-electron chi connectivity index (χ0n) is 13.3. The molecular formula is C15H18BrN3O4. The molecule has 0 aromatic carbocycles. The standard InChI is InChI=1S/C15H18BrN3O4/c1-5-22-13(20)12-11(17)8-6-10(16)18-7-9(8)19(12)14(21)23-15(2,3)4/h6-7H,5,17H2,1-4H3. The van der Waals surface area contributed by atoms with Gasteiger partial charge in [0.1, 0.15) is 10.2 Å². The minimum Gasteiger partial charge on any atom is -0.461 e. The summed E-state index contributed by atoms with van der Waals surface area (Å²) in [6, 6.07) is 1.63. The molecule has 0 fully saturated rings. The molecule has 8 heteroatoms. The predicted molar refractivity (Wildman–Crippen MR) is 89.4 cm³/mol. The number of rotatable bonds is 2. The molecule has 0 bridgehead atoms. The fraction of sp³-hybridized carbons (Fsp3) is 0.400. The van der Waals surface area contributed by atoms with Gasteiger partial charge in [0, 0.05) is 5.39 Å². The van der Waals surface area contributed by atoms with Gasteiger partial charge in [0.2, 0.25) is 0 Å². The number of nitrogen functional groups attached to an aromatic ring is 1. The summed E-state index contributed by atoms with van der Waals surface area (Å²) in [5, 5.41) is 0.515. The Morgan fingerprint density at radius 2 is 2.04 bits per heavy atom. The highest BCUT2D eigenvalue weighted by molar-refractivity contribution is 9.10. The van der Waals surface area contributed by atoms with Crippen LogP contribution >= 0.6 is 15.9 Å². The summed E-state index contributed by atoms with van der Waals surface area (Å²) in [6.07, 6.45) is 0.731. The average Bonchev–Trinajstić information content (AvgIpc) is 2.70. The number of fused-ring (bicyclic) bond motifs is 1. The monoisotopic (exact) mass is 383 g/mol. The van der Waals surface area contributed by atoms with Crippen molar-refractivity contribution >= 4 is 44.6 Å². The quantitative estimate of drug-likeness (QED) is 0.630. The largest absolute Gasteiger partial charge is 0.461 e. The Bertz CT molecular complexity index is 777. The summed E-state index contributed by atoms with van der Waals surface area (Å²) in [5.41, 5.74) is 5.80. The van der Waals surface area contributed by atoms with Gasteiger partial charge in [-0.05, 0) is 49.7 Å². The normalized spacial score (nSPS) is 11.5. The minimum atomic E-state index is -0.725. The Kier molecular flexibility index (Phi) is 4.65. The van der Waals surface area contributed by atoms with Crippen LogP contribution in [0.5, 0.6) is 0 Å².